The largest absolute Gasteiger partial charge is 0.504 e. The molecule has 3 rings (SSSR count). The number of phenols is 2. The minimum Gasteiger partial charge on any atom is -0.504 e. The molecule has 0 aromatic heterocycles. The maximum Gasteiger partial charge on any atom is 0.157 e. The normalized spacial score (nSPS) is 17.9. The second-order valence-electron chi connectivity index (χ2n) is 4.50. The first-order chi connectivity index (χ1) is 8.74. The van der Waals surface area contributed by atoms with E-state index in [0.717, 1.165) is 24.2 Å². The molecule has 1 unspecified atom stereocenters. The maximum atomic E-state index is 9.52. The summed E-state index contributed by atoms with van der Waals surface area (Å²) in [7, 11) is 0. The molecule has 0 spiro atoms. The van der Waals surface area contributed by atoms with E-state index >= 15 is 0 Å². The van der Waals surface area contributed by atoms with Gasteiger partial charge >= 0.3 is 0 Å². The summed E-state index contributed by atoms with van der Waals surface area (Å²) in [6, 6.07) is 12.8. The second-order valence-corrected chi connectivity index (χ2v) is 4.50. The zero-order valence-corrected chi connectivity index (χ0v) is 9.84. The minimum atomic E-state index is -0.102. The minimum absolute atomic E-state index is 0.0635. The van der Waals surface area contributed by atoms with Gasteiger partial charge in [-0.05, 0) is 42.2 Å². The van der Waals surface area contributed by atoms with E-state index in [9.17, 15) is 10.2 Å². The van der Waals surface area contributed by atoms with Crippen LogP contribution in [0.3, 0.4) is 0 Å². The molecule has 0 radical (unpaired) electrons. The Kier molecular flexibility index (Phi) is 2.59. The molecule has 92 valence electrons. The molecule has 0 saturated carbocycles. The van der Waals surface area contributed by atoms with E-state index in [1.807, 2.05) is 18.2 Å². The number of benzene rings is 2. The van der Waals surface area contributed by atoms with Crippen LogP contribution in [0.5, 0.6) is 17.2 Å². The Morgan fingerprint density at radius 3 is 2.67 bits per heavy atom. The van der Waals surface area contributed by atoms with Crippen LogP contribution in [0.25, 0.3) is 0 Å². The average Bonchev–Trinajstić information content (AvgIpc) is 2.41. The van der Waals surface area contributed by atoms with Crippen LogP contribution in [0.2, 0.25) is 0 Å². The molecule has 2 aromatic carbocycles. The molecule has 1 aliphatic heterocycles. The lowest BCUT2D eigenvalue weighted by Gasteiger charge is -2.26. The number of aromatic hydroxyl groups is 2. The average molecular weight is 242 g/mol. The van der Waals surface area contributed by atoms with E-state index in [0.29, 0.717) is 0 Å². The molecule has 0 saturated heterocycles. The SMILES string of the molecule is Oc1ccc(C2CCc3ccccc3O2)cc1O. The molecule has 1 heterocycles. The molecule has 1 aliphatic rings. The summed E-state index contributed by atoms with van der Waals surface area (Å²) < 4.78 is 5.92. The summed E-state index contributed by atoms with van der Waals surface area (Å²) in [4.78, 5) is 0. The number of aryl methyl sites for hydroxylation is 1. The number of phenolic OH excluding ortho intramolecular Hbond substituents is 2. The van der Waals surface area contributed by atoms with Gasteiger partial charge in [-0.1, -0.05) is 24.3 Å². The van der Waals surface area contributed by atoms with Crippen LogP contribution >= 0.6 is 0 Å². The molecule has 0 fully saturated rings. The van der Waals surface area contributed by atoms with Crippen molar-refractivity contribution in [1.82, 2.24) is 0 Å². The molecule has 3 heteroatoms. The lowest BCUT2D eigenvalue weighted by molar-refractivity contribution is 0.176. The van der Waals surface area contributed by atoms with Crippen molar-refractivity contribution in [3.05, 3.63) is 53.6 Å². The topological polar surface area (TPSA) is 49.7 Å². The van der Waals surface area contributed by atoms with Crippen LogP contribution in [0.4, 0.5) is 0 Å². The second kappa shape index (κ2) is 4.26. The Morgan fingerprint density at radius 1 is 1.00 bits per heavy atom. The van der Waals surface area contributed by atoms with E-state index in [-0.39, 0.29) is 17.6 Å². The summed E-state index contributed by atoms with van der Waals surface area (Å²) in [5.41, 5.74) is 2.11. The van der Waals surface area contributed by atoms with Crippen LogP contribution in [-0.4, -0.2) is 10.2 Å². The number of hydrogen-bond donors (Lipinski definition) is 2. The first-order valence-electron chi connectivity index (χ1n) is 6.00. The Morgan fingerprint density at radius 2 is 1.83 bits per heavy atom. The zero-order valence-electron chi connectivity index (χ0n) is 9.84. The summed E-state index contributed by atoms with van der Waals surface area (Å²) in [5.74, 6) is 0.700. The molecule has 18 heavy (non-hydrogen) atoms. The highest BCUT2D eigenvalue weighted by atomic mass is 16.5. The standard InChI is InChI=1S/C15H14O3/c16-12-7-5-11(9-13(12)17)15-8-6-10-3-1-2-4-14(10)18-15/h1-5,7,9,15-17H,6,8H2. The molecule has 0 bridgehead atoms. The van der Waals surface area contributed by atoms with Crippen molar-refractivity contribution >= 4 is 0 Å². The van der Waals surface area contributed by atoms with E-state index in [4.69, 9.17) is 4.74 Å². The fourth-order valence-corrected chi connectivity index (χ4v) is 2.30. The third-order valence-corrected chi connectivity index (χ3v) is 3.29. The van der Waals surface area contributed by atoms with Crippen LogP contribution in [0.1, 0.15) is 23.7 Å². The molecule has 3 nitrogen and oxygen atoms in total. The van der Waals surface area contributed by atoms with Gasteiger partial charge in [0.15, 0.2) is 11.5 Å². The fourth-order valence-electron chi connectivity index (χ4n) is 2.30. The van der Waals surface area contributed by atoms with Crippen LogP contribution in [-0.2, 0) is 6.42 Å². The zero-order chi connectivity index (χ0) is 12.5. The van der Waals surface area contributed by atoms with E-state index in [2.05, 4.69) is 6.07 Å². The van der Waals surface area contributed by atoms with Gasteiger partial charge in [0.1, 0.15) is 11.9 Å². The monoisotopic (exact) mass is 242 g/mol. The number of fused-ring (bicyclic) bond motifs is 1. The Balaban J connectivity index is 1.89. The van der Waals surface area contributed by atoms with Gasteiger partial charge in [-0.15, -0.1) is 0 Å². The third kappa shape index (κ3) is 1.88. The first kappa shape index (κ1) is 11.0. The number of hydrogen-bond acceptors (Lipinski definition) is 3. The van der Waals surface area contributed by atoms with Crippen LogP contribution < -0.4 is 4.74 Å². The van der Waals surface area contributed by atoms with Gasteiger partial charge in [-0.25, -0.2) is 0 Å². The smallest absolute Gasteiger partial charge is 0.157 e. The van der Waals surface area contributed by atoms with Gasteiger partial charge in [-0.2, -0.15) is 0 Å². The molecule has 0 aliphatic carbocycles. The predicted octanol–water partition coefficient (Wildman–Crippen LogP) is 3.16. The van der Waals surface area contributed by atoms with Crippen molar-refractivity contribution < 1.29 is 14.9 Å². The van der Waals surface area contributed by atoms with Crippen molar-refractivity contribution in [2.24, 2.45) is 0 Å². The lowest BCUT2D eigenvalue weighted by Crippen LogP contribution is -2.14. The highest BCUT2D eigenvalue weighted by Gasteiger charge is 2.21. The summed E-state index contributed by atoms with van der Waals surface area (Å²) in [6.45, 7) is 0. The van der Waals surface area contributed by atoms with Crippen molar-refractivity contribution in [1.29, 1.82) is 0 Å². The summed E-state index contributed by atoms with van der Waals surface area (Å²) in [5, 5.41) is 18.8. The van der Waals surface area contributed by atoms with Crippen molar-refractivity contribution in [3.8, 4) is 17.2 Å². The Bertz CT molecular complexity index is 578. The van der Waals surface area contributed by atoms with Gasteiger partial charge in [0, 0.05) is 0 Å². The van der Waals surface area contributed by atoms with Crippen molar-refractivity contribution in [3.63, 3.8) is 0 Å². The Hall–Kier alpha value is -2.16. The highest BCUT2D eigenvalue weighted by molar-refractivity contribution is 5.43. The fraction of sp³-hybridized carbons (Fsp3) is 0.200. The van der Waals surface area contributed by atoms with E-state index in [1.54, 1.807) is 12.1 Å². The van der Waals surface area contributed by atoms with E-state index in [1.165, 1.54) is 11.6 Å². The summed E-state index contributed by atoms with van der Waals surface area (Å²) in [6.07, 6.45) is 1.77. The predicted molar refractivity (Wildman–Crippen MR) is 67.9 cm³/mol. The number of para-hydroxylation sites is 1. The molecular formula is C15H14O3. The lowest BCUT2D eigenvalue weighted by atomic mass is 9.97. The number of rotatable bonds is 1. The van der Waals surface area contributed by atoms with Gasteiger partial charge < -0.3 is 14.9 Å². The van der Waals surface area contributed by atoms with Crippen molar-refractivity contribution in [2.75, 3.05) is 0 Å². The molecule has 2 N–H and O–H groups in total. The quantitative estimate of drug-likeness (QED) is 0.755. The van der Waals surface area contributed by atoms with Gasteiger partial charge in [0.05, 0.1) is 0 Å². The van der Waals surface area contributed by atoms with Crippen LogP contribution in [0.15, 0.2) is 42.5 Å². The maximum absolute atomic E-state index is 9.52. The van der Waals surface area contributed by atoms with Gasteiger partial charge in [0.2, 0.25) is 0 Å². The van der Waals surface area contributed by atoms with Crippen LogP contribution in [0, 0.1) is 0 Å². The summed E-state index contributed by atoms with van der Waals surface area (Å²) >= 11 is 0. The third-order valence-electron chi connectivity index (χ3n) is 3.29. The van der Waals surface area contributed by atoms with Gasteiger partial charge in [-0.3, -0.25) is 0 Å². The first-order valence-corrected chi connectivity index (χ1v) is 6.00. The van der Waals surface area contributed by atoms with Gasteiger partial charge in [0.25, 0.3) is 0 Å². The highest BCUT2D eigenvalue weighted by Crippen LogP contribution is 2.37. The van der Waals surface area contributed by atoms with Crippen molar-refractivity contribution in [2.45, 2.75) is 18.9 Å². The molecule has 0 amide bonds. The molecule has 1 atom stereocenters. The van der Waals surface area contributed by atoms with E-state index < -0.39 is 0 Å². The number of ether oxygens (including phenoxy) is 1. The Labute approximate surface area is 105 Å². The molecular weight excluding hydrogens is 228 g/mol. The molecule has 2 aromatic rings.